The van der Waals surface area contributed by atoms with Crippen LogP contribution in [0, 0.1) is 5.41 Å². The fourth-order valence-electron chi connectivity index (χ4n) is 3.48. The second-order valence-electron chi connectivity index (χ2n) is 7.79. The number of hydrogen-bond acceptors (Lipinski definition) is 4. The minimum absolute atomic E-state index is 0.367. The highest BCUT2D eigenvalue weighted by atomic mass is 16.6. The van der Waals surface area contributed by atoms with Gasteiger partial charge in [-0.1, -0.05) is 84.8 Å². The van der Waals surface area contributed by atoms with Crippen molar-refractivity contribution in [2.24, 2.45) is 5.41 Å². The molecule has 0 aliphatic carbocycles. The van der Waals surface area contributed by atoms with E-state index in [1.165, 1.54) is 38.5 Å². The molecule has 0 fully saturated rings. The molecule has 1 rings (SSSR count). The van der Waals surface area contributed by atoms with Gasteiger partial charge in [0.05, 0.1) is 6.61 Å². The molecule has 0 bridgehead atoms. The lowest BCUT2D eigenvalue weighted by molar-refractivity contribution is -0.168. The maximum Gasteiger partial charge on any atom is 0.328 e. The van der Waals surface area contributed by atoms with Crippen LogP contribution in [-0.4, -0.2) is 18.5 Å². The number of aryl methyl sites for hydroxylation is 1. The lowest BCUT2D eigenvalue weighted by Gasteiger charge is -2.26. The Balaban J connectivity index is 2.51. The van der Waals surface area contributed by atoms with E-state index in [2.05, 4.69) is 6.92 Å². The SMILES string of the molecule is CCCCCCCCCCOC(=O)C(CC)(CC)C(=O)Oc1cccc(CC)c1. The summed E-state index contributed by atoms with van der Waals surface area (Å²) >= 11 is 0. The first-order valence-electron chi connectivity index (χ1n) is 11.5. The van der Waals surface area contributed by atoms with E-state index in [1.807, 2.05) is 39.0 Å². The minimum atomic E-state index is -1.23. The van der Waals surface area contributed by atoms with E-state index in [0.717, 1.165) is 24.8 Å². The Morgan fingerprint density at radius 1 is 0.828 bits per heavy atom. The van der Waals surface area contributed by atoms with E-state index >= 15 is 0 Å². The summed E-state index contributed by atoms with van der Waals surface area (Å²) in [6, 6.07) is 7.45. The average Bonchev–Trinajstić information content (AvgIpc) is 2.74. The topological polar surface area (TPSA) is 52.6 Å². The summed E-state index contributed by atoms with van der Waals surface area (Å²) in [6.07, 6.45) is 11.1. The number of carbonyl (C=O) groups excluding carboxylic acids is 2. The molecule has 0 heterocycles. The quantitative estimate of drug-likeness (QED) is 0.142. The molecule has 0 aromatic heterocycles. The maximum atomic E-state index is 12.9. The Bertz CT molecular complexity index is 605. The summed E-state index contributed by atoms with van der Waals surface area (Å²) in [5, 5.41) is 0. The number of unbranched alkanes of at least 4 members (excludes halogenated alkanes) is 7. The van der Waals surface area contributed by atoms with Crippen LogP contribution >= 0.6 is 0 Å². The van der Waals surface area contributed by atoms with Gasteiger partial charge in [0, 0.05) is 0 Å². The first-order valence-corrected chi connectivity index (χ1v) is 11.5. The van der Waals surface area contributed by atoms with Gasteiger partial charge in [-0.05, 0) is 43.4 Å². The molecule has 0 N–H and O–H groups in total. The van der Waals surface area contributed by atoms with Crippen molar-refractivity contribution >= 4 is 11.9 Å². The van der Waals surface area contributed by atoms with E-state index in [0.29, 0.717) is 25.2 Å². The Morgan fingerprint density at radius 2 is 1.45 bits per heavy atom. The number of esters is 2. The highest BCUT2D eigenvalue weighted by molar-refractivity contribution is 6.00. The van der Waals surface area contributed by atoms with Crippen molar-refractivity contribution in [2.45, 2.75) is 98.3 Å². The van der Waals surface area contributed by atoms with Crippen LogP contribution in [0.25, 0.3) is 0 Å². The van der Waals surface area contributed by atoms with Gasteiger partial charge >= 0.3 is 11.9 Å². The van der Waals surface area contributed by atoms with Gasteiger partial charge < -0.3 is 9.47 Å². The Labute approximate surface area is 177 Å². The molecule has 0 saturated carbocycles. The number of benzene rings is 1. The van der Waals surface area contributed by atoms with Crippen molar-refractivity contribution in [1.82, 2.24) is 0 Å². The Hall–Kier alpha value is -1.84. The van der Waals surface area contributed by atoms with Crippen molar-refractivity contribution in [3.8, 4) is 5.75 Å². The molecule has 0 aliphatic rings. The third-order valence-electron chi connectivity index (χ3n) is 5.74. The molecule has 29 heavy (non-hydrogen) atoms. The van der Waals surface area contributed by atoms with Crippen molar-refractivity contribution in [2.75, 3.05) is 6.61 Å². The first-order chi connectivity index (χ1) is 14.0. The molecule has 0 saturated heterocycles. The number of rotatable bonds is 15. The van der Waals surface area contributed by atoms with Gasteiger partial charge in [0.2, 0.25) is 0 Å². The second kappa shape index (κ2) is 14.2. The molecule has 4 heteroatoms. The fraction of sp³-hybridized carbons (Fsp3) is 0.680. The van der Waals surface area contributed by atoms with Gasteiger partial charge in [-0.25, -0.2) is 0 Å². The van der Waals surface area contributed by atoms with Crippen molar-refractivity contribution < 1.29 is 19.1 Å². The number of hydrogen-bond donors (Lipinski definition) is 0. The number of carbonyl (C=O) groups is 2. The Morgan fingerprint density at radius 3 is 2.03 bits per heavy atom. The third-order valence-corrected chi connectivity index (χ3v) is 5.74. The van der Waals surface area contributed by atoms with Crippen LogP contribution in [0.5, 0.6) is 5.75 Å². The molecule has 1 aromatic carbocycles. The van der Waals surface area contributed by atoms with Gasteiger partial charge in [0.15, 0.2) is 5.41 Å². The van der Waals surface area contributed by atoms with E-state index in [9.17, 15) is 9.59 Å². The first kappa shape index (κ1) is 25.2. The van der Waals surface area contributed by atoms with E-state index in [4.69, 9.17) is 9.47 Å². The lowest BCUT2D eigenvalue weighted by Crippen LogP contribution is -2.42. The van der Waals surface area contributed by atoms with E-state index in [1.54, 1.807) is 6.07 Å². The van der Waals surface area contributed by atoms with Gasteiger partial charge in [0.25, 0.3) is 0 Å². The van der Waals surface area contributed by atoms with Crippen molar-refractivity contribution in [3.63, 3.8) is 0 Å². The van der Waals surface area contributed by atoms with Crippen LogP contribution in [0.15, 0.2) is 24.3 Å². The normalized spacial score (nSPS) is 11.3. The summed E-state index contributed by atoms with van der Waals surface area (Å²) in [4.78, 5) is 25.6. The predicted molar refractivity (Wildman–Crippen MR) is 118 cm³/mol. The molecule has 164 valence electrons. The Kier molecular flexibility index (Phi) is 12.3. The van der Waals surface area contributed by atoms with Crippen LogP contribution in [-0.2, 0) is 20.7 Å². The minimum Gasteiger partial charge on any atom is -0.465 e. The molecular weight excluding hydrogens is 364 g/mol. The lowest BCUT2D eigenvalue weighted by atomic mass is 9.82. The molecule has 0 radical (unpaired) electrons. The third kappa shape index (κ3) is 8.20. The summed E-state index contributed by atoms with van der Waals surface area (Å²) in [5.74, 6) is -0.490. The van der Waals surface area contributed by atoms with Gasteiger partial charge in [-0.3, -0.25) is 9.59 Å². The van der Waals surface area contributed by atoms with Crippen LogP contribution in [0.3, 0.4) is 0 Å². The highest BCUT2D eigenvalue weighted by Crippen LogP contribution is 2.31. The zero-order chi connectivity index (χ0) is 21.5. The molecule has 1 aromatic rings. The van der Waals surface area contributed by atoms with Crippen LogP contribution in [0.2, 0.25) is 0 Å². The number of ether oxygens (including phenoxy) is 2. The van der Waals surface area contributed by atoms with Gasteiger partial charge in [-0.2, -0.15) is 0 Å². The van der Waals surface area contributed by atoms with E-state index in [-0.39, 0.29) is 0 Å². The predicted octanol–water partition coefficient (Wildman–Crippen LogP) is 6.64. The molecule has 0 spiro atoms. The summed E-state index contributed by atoms with van der Waals surface area (Å²) in [5.41, 5.74) is -0.145. The van der Waals surface area contributed by atoms with Crippen LogP contribution < -0.4 is 4.74 Å². The monoisotopic (exact) mass is 404 g/mol. The van der Waals surface area contributed by atoms with Crippen LogP contribution in [0.4, 0.5) is 0 Å². The highest BCUT2D eigenvalue weighted by Gasteiger charge is 2.46. The average molecular weight is 405 g/mol. The largest absolute Gasteiger partial charge is 0.465 e. The summed E-state index contributed by atoms with van der Waals surface area (Å²) < 4.78 is 11.1. The second-order valence-corrected chi connectivity index (χ2v) is 7.79. The molecular formula is C25H40O4. The van der Waals surface area contributed by atoms with E-state index < -0.39 is 17.4 Å². The maximum absolute atomic E-state index is 12.9. The van der Waals surface area contributed by atoms with Crippen molar-refractivity contribution in [1.29, 1.82) is 0 Å². The molecule has 0 unspecified atom stereocenters. The smallest absolute Gasteiger partial charge is 0.328 e. The molecule has 0 atom stereocenters. The van der Waals surface area contributed by atoms with Crippen LogP contribution in [0.1, 0.15) is 97.5 Å². The van der Waals surface area contributed by atoms with Gasteiger partial charge in [-0.15, -0.1) is 0 Å². The van der Waals surface area contributed by atoms with Gasteiger partial charge in [0.1, 0.15) is 5.75 Å². The zero-order valence-electron chi connectivity index (χ0n) is 18.9. The standard InChI is InChI=1S/C25H40O4/c1-5-9-10-11-12-13-14-15-19-28-23(26)25(7-3,8-4)24(27)29-22-18-16-17-21(6-2)20-22/h16-18,20H,5-15,19H2,1-4H3. The zero-order valence-corrected chi connectivity index (χ0v) is 18.9. The molecule has 4 nitrogen and oxygen atoms in total. The summed E-state index contributed by atoms with van der Waals surface area (Å²) in [6.45, 7) is 8.31. The summed E-state index contributed by atoms with van der Waals surface area (Å²) in [7, 11) is 0. The van der Waals surface area contributed by atoms with Crippen molar-refractivity contribution in [3.05, 3.63) is 29.8 Å². The molecule has 0 amide bonds. The molecule has 0 aliphatic heterocycles. The fourth-order valence-corrected chi connectivity index (χ4v) is 3.48.